The number of fused-ring (bicyclic) bond motifs is 1. The summed E-state index contributed by atoms with van der Waals surface area (Å²) < 4.78 is 4.76. The van der Waals surface area contributed by atoms with Gasteiger partial charge in [-0.15, -0.1) is 0 Å². The number of nitrogens with one attached hydrogen (secondary N) is 1. The standard InChI is InChI=1S/C22H25N7O4/c1-4-5-11-26-17(13-28-15(3)18(29(32)33)14(2)25-28)23-20-19(26)21(30)24-22(31)27(20)12-16-9-7-6-8-10-16/h6-10H,4-5,11-13H2,1-3H3,(H,24,30,31). The molecule has 0 saturated carbocycles. The van der Waals surface area contributed by atoms with Gasteiger partial charge in [-0.1, -0.05) is 43.7 Å². The quantitative estimate of drug-likeness (QED) is 0.323. The van der Waals surface area contributed by atoms with E-state index in [2.05, 4.69) is 15.1 Å². The molecule has 1 N–H and O–H groups in total. The van der Waals surface area contributed by atoms with Crippen molar-refractivity contribution in [2.24, 2.45) is 0 Å². The van der Waals surface area contributed by atoms with Gasteiger partial charge in [0.25, 0.3) is 5.56 Å². The van der Waals surface area contributed by atoms with Crippen LogP contribution in [0.2, 0.25) is 0 Å². The van der Waals surface area contributed by atoms with Gasteiger partial charge < -0.3 is 4.57 Å². The third-order valence-corrected chi connectivity index (χ3v) is 5.70. The minimum absolute atomic E-state index is 0.0370. The van der Waals surface area contributed by atoms with Gasteiger partial charge in [0.2, 0.25) is 0 Å². The van der Waals surface area contributed by atoms with Crippen LogP contribution in [0.4, 0.5) is 5.69 Å². The van der Waals surface area contributed by atoms with E-state index in [1.54, 1.807) is 18.4 Å². The molecule has 0 aliphatic rings. The van der Waals surface area contributed by atoms with Crippen molar-refractivity contribution in [2.75, 3.05) is 0 Å². The van der Waals surface area contributed by atoms with Crippen LogP contribution in [0.3, 0.4) is 0 Å². The van der Waals surface area contributed by atoms with Gasteiger partial charge >= 0.3 is 11.4 Å². The average Bonchev–Trinajstić information content (AvgIpc) is 3.27. The molecular weight excluding hydrogens is 426 g/mol. The van der Waals surface area contributed by atoms with Crippen LogP contribution in [-0.2, 0) is 19.6 Å². The number of imidazole rings is 1. The van der Waals surface area contributed by atoms with Crippen molar-refractivity contribution >= 4 is 16.9 Å². The maximum Gasteiger partial charge on any atom is 0.330 e. The summed E-state index contributed by atoms with van der Waals surface area (Å²) in [4.78, 5) is 43.6. The highest BCUT2D eigenvalue weighted by Gasteiger charge is 2.24. The van der Waals surface area contributed by atoms with E-state index in [0.717, 1.165) is 18.4 Å². The zero-order valence-electron chi connectivity index (χ0n) is 18.7. The molecule has 0 radical (unpaired) electrons. The lowest BCUT2D eigenvalue weighted by Gasteiger charge is -2.09. The van der Waals surface area contributed by atoms with E-state index in [-0.39, 0.29) is 24.4 Å². The molecule has 0 aliphatic carbocycles. The minimum Gasteiger partial charge on any atom is -0.321 e. The molecule has 0 aliphatic heterocycles. The largest absolute Gasteiger partial charge is 0.330 e. The SMILES string of the molecule is CCCCn1c(Cn2nc(C)c([N+](=O)[O-])c2C)nc2c1c(=O)[nH]c(=O)n2Cc1ccccc1. The predicted octanol–water partition coefficient (Wildman–Crippen LogP) is 2.50. The highest BCUT2D eigenvalue weighted by molar-refractivity contribution is 5.71. The molecule has 0 fully saturated rings. The third-order valence-electron chi connectivity index (χ3n) is 5.70. The second-order valence-corrected chi connectivity index (χ2v) is 7.97. The van der Waals surface area contributed by atoms with Crippen LogP contribution >= 0.6 is 0 Å². The number of benzene rings is 1. The summed E-state index contributed by atoms with van der Waals surface area (Å²) in [5.74, 6) is 0.511. The van der Waals surface area contributed by atoms with Crippen LogP contribution < -0.4 is 11.2 Å². The number of aryl methyl sites for hydroxylation is 2. The molecule has 3 aromatic heterocycles. The van der Waals surface area contributed by atoms with E-state index < -0.39 is 16.2 Å². The van der Waals surface area contributed by atoms with E-state index in [1.807, 2.05) is 37.3 Å². The predicted molar refractivity (Wildman–Crippen MR) is 123 cm³/mol. The van der Waals surface area contributed by atoms with Gasteiger partial charge in [-0.2, -0.15) is 5.10 Å². The van der Waals surface area contributed by atoms with E-state index >= 15 is 0 Å². The second kappa shape index (κ2) is 8.85. The Kier molecular flexibility index (Phi) is 5.95. The van der Waals surface area contributed by atoms with E-state index in [4.69, 9.17) is 0 Å². The summed E-state index contributed by atoms with van der Waals surface area (Å²) in [5, 5.41) is 15.7. The Morgan fingerprint density at radius 3 is 2.45 bits per heavy atom. The number of unbranched alkanes of at least 4 members (excludes halogenated alkanes) is 1. The summed E-state index contributed by atoms with van der Waals surface area (Å²) in [6.07, 6.45) is 1.69. The Morgan fingerprint density at radius 1 is 1.09 bits per heavy atom. The van der Waals surface area contributed by atoms with Crippen molar-refractivity contribution in [1.82, 2.24) is 28.9 Å². The number of aromatic amines is 1. The first-order valence-electron chi connectivity index (χ1n) is 10.8. The van der Waals surface area contributed by atoms with Crippen molar-refractivity contribution in [3.63, 3.8) is 0 Å². The Labute approximate surface area is 188 Å². The topological polar surface area (TPSA) is 134 Å². The number of H-pyrrole nitrogens is 1. The lowest BCUT2D eigenvalue weighted by Crippen LogP contribution is -2.31. The molecule has 4 aromatic rings. The summed E-state index contributed by atoms with van der Waals surface area (Å²) in [5.41, 5.74) is 1.13. The molecule has 33 heavy (non-hydrogen) atoms. The molecule has 0 atom stereocenters. The van der Waals surface area contributed by atoms with Gasteiger partial charge in [0.1, 0.15) is 17.2 Å². The first-order valence-corrected chi connectivity index (χ1v) is 10.8. The molecule has 0 saturated heterocycles. The van der Waals surface area contributed by atoms with Gasteiger partial charge in [0.05, 0.1) is 18.0 Å². The third kappa shape index (κ3) is 4.09. The van der Waals surface area contributed by atoms with Crippen molar-refractivity contribution in [3.05, 3.63) is 84.1 Å². The van der Waals surface area contributed by atoms with Crippen molar-refractivity contribution in [1.29, 1.82) is 0 Å². The molecule has 0 bridgehead atoms. The first-order chi connectivity index (χ1) is 15.8. The Balaban J connectivity index is 1.89. The van der Waals surface area contributed by atoms with Crippen molar-refractivity contribution < 1.29 is 4.92 Å². The van der Waals surface area contributed by atoms with Crippen LogP contribution in [0.5, 0.6) is 0 Å². The minimum atomic E-state index is -0.537. The van der Waals surface area contributed by atoms with Gasteiger partial charge in [0, 0.05) is 6.54 Å². The lowest BCUT2D eigenvalue weighted by atomic mass is 10.2. The highest BCUT2D eigenvalue weighted by atomic mass is 16.6. The second-order valence-electron chi connectivity index (χ2n) is 7.97. The maximum absolute atomic E-state index is 12.8. The molecule has 3 heterocycles. The fraction of sp³-hybridized carbons (Fsp3) is 0.364. The summed E-state index contributed by atoms with van der Waals surface area (Å²) in [6, 6.07) is 9.44. The van der Waals surface area contributed by atoms with E-state index in [9.17, 15) is 19.7 Å². The van der Waals surface area contributed by atoms with Crippen LogP contribution in [0, 0.1) is 24.0 Å². The number of aromatic nitrogens is 6. The normalized spacial score (nSPS) is 11.4. The lowest BCUT2D eigenvalue weighted by molar-refractivity contribution is -0.386. The van der Waals surface area contributed by atoms with E-state index in [0.29, 0.717) is 29.3 Å². The summed E-state index contributed by atoms with van der Waals surface area (Å²) in [6.45, 7) is 6.18. The van der Waals surface area contributed by atoms with Gasteiger partial charge in [0.15, 0.2) is 11.2 Å². The fourth-order valence-electron chi connectivity index (χ4n) is 4.05. The molecule has 0 unspecified atom stereocenters. The summed E-state index contributed by atoms with van der Waals surface area (Å²) >= 11 is 0. The molecule has 0 spiro atoms. The monoisotopic (exact) mass is 451 g/mol. The first kappa shape index (κ1) is 22.2. The molecule has 11 nitrogen and oxygen atoms in total. The molecule has 1 aromatic carbocycles. The van der Waals surface area contributed by atoms with Crippen molar-refractivity contribution in [2.45, 2.75) is 53.2 Å². The fourth-order valence-corrected chi connectivity index (χ4v) is 4.05. The Morgan fingerprint density at radius 2 is 1.82 bits per heavy atom. The molecule has 4 rings (SSSR count). The zero-order chi connectivity index (χ0) is 23.7. The zero-order valence-corrected chi connectivity index (χ0v) is 18.7. The van der Waals surface area contributed by atoms with Crippen molar-refractivity contribution in [3.8, 4) is 0 Å². The van der Waals surface area contributed by atoms with Crippen LogP contribution in [0.25, 0.3) is 11.2 Å². The highest BCUT2D eigenvalue weighted by Crippen LogP contribution is 2.23. The Bertz CT molecular complexity index is 1440. The number of hydrogen-bond acceptors (Lipinski definition) is 6. The number of hydrogen-bond donors (Lipinski definition) is 1. The average molecular weight is 451 g/mol. The van der Waals surface area contributed by atoms with Crippen LogP contribution in [-0.4, -0.2) is 33.8 Å². The van der Waals surface area contributed by atoms with Crippen LogP contribution in [0.1, 0.15) is 42.5 Å². The summed E-state index contributed by atoms with van der Waals surface area (Å²) in [7, 11) is 0. The molecule has 11 heteroatoms. The van der Waals surface area contributed by atoms with Gasteiger partial charge in [-0.05, 0) is 25.8 Å². The number of nitrogens with zero attached hydrogens (tertiary/aromatic N) is 6. The van der Waals surface area contributed by atoms with Gasteiger partial charge in [-0.25, -0.2) is 9.78 Å². The molecular formula is C22H25N7O4. The molecule has 0 amide bonds. The van der Waals surface area contributed by atoms with Gasteiger partial charge in [-0.3, -0.25) is 29.1 Å². The number of rotatable bonds is 8. The van der Waals surface area contributed by atoms with Crippen LogP contribution in [0.15, 0.2) is 39.9 Å². The Hall–Kier alpha value is -4.02. The molecule has 172 valence electrons. The number of nitro groups is 1. The van der Waals surface area contributed by atoms with E-state index in [1.165, 1.54) is 9.25 Å². The maximum atomic E-state index is 12.8. The smallest absolute Gasteiger partial charge is 0.321 e.